The van der Waals surface area contributed by atoms with Crippen LogP contribution in [0.25, 0.3) is 22.0 Å². The Hall–Kier alpha value is -3.44. The van der Waals surface area contributed by atoms with Crippen molar-refractivity contribution in [1.82, 2.24) is 9.88 Å². The van der Waals surface area contributed by atoms with Crippen LogP contribution in [0.3, 0.4) is 0 Å². The van der Waals surface area contributed by atoms with Gasteiger partial charge in [0.05, 0.1) is 17.6 Å². The lowest BCUT2D eigenvalue weighted by Gasteiger charge is -2.38. The molecule has 1 heterocycles. The minimum atomic E-state index is -4.78. The number of nitriles is 1. The summed E-state index contributed by atoms with van der Waals surface area (Å²) in [7, 11) is 0. The van der Waals surface area contributed by atoms with E-state index in [2.05, 4.69) is 4.98 Å². The summed E-state index contributed by atoms with van der Waals surface area (Å²) in [6.45, 7) is 3.69. The van der Waals surface area contributed by atoms with Gasteiger partial charge in [-0.3, -0.25) is 9.78 Å². The van der Waals surface area contributed by atoms with Gasteiger partial charge >= 0.3 is 6.18 Å². The number of nitrogens with zero attached hydrogens (tertiary/aromatic N) is 3. The third-order valence-electron chi connectivity index (χ3n) is 6.40. The van der Waals surface area contributed by atoms with Crippen LogP contribution in [0.5, 0.6) is 0 Å². The van der Waals surface area contributed by atoms with E-state index >= 15 is 0 Å². The molecule has 1 fully saturated rings. The second-order valence-electron chi connectivity index (χ2n) is 9.56. The number of alkyl halides is 3. The zero-order chi connectivity index (χ0) is 25.4. The predicted octanol–water partition coefficient (Wildman–Crippen LogP) is 5.76. The Labute approximate surface area is 202 Å². The first kappa shape index (κ1) is 24.7. The van der Waals surface area contributed by atoms with E-state index in [-0.39, 0.29) is 30.7 Å². The van der Waals surface area contributed by atoms with Crippen molar-refractivity contribution in [2.75, 3.05) is 0 Å². The third kappa shape index (κ3) is 5.01. The lowest BCUT2D eigenvalue weighted by molar-refractivity contribution is -0.197. The molecular weight excluding hydrogens is 453 g/mol. The molecule has 2 N–H and O–H groups in total. The van der Waals surface area contributed by atoms with Gasteiger partial charge in [0, 0.05) is 11.6 Å². The van der Waals surface area contributed by atoms with E-state index in [1.54, 1.807) is 18.3 Å². The Morgan fingerprint density at radius 2 is 1.80 bits per heavy atom. The SMILES string of the molecule is CC(C)C[C@H](N)C(=O)N([C@@H](c1ccc(-c2ccc3ncccc3c2)cc1)C(F)(F)F)C1(C#N)CC1. The van der Waals surface area contributed by atoms with E-state index in [1.165, 1.54) is 12.1 Å². The molecule has 1 saturated carbocycles. The van der Waals surface area contributed by atoms with Gasteiger partial charge in [-0.2, -0.15) is 18.4 Å². The van der Waals surface area contributed by atoms with Crippen LogP contribution < -0.4 is 5.73 Å². The average molecular weight is 481 g/mol. The summed E-state index contributed by atoms with van der Waals surface area (Å²) in [5.41, 5.74) is 6.83. The number of hydrogen-bond acceptors (Lipinski definition) is 4. The second kappa shape index (κ2) is 9.31. The maximum absolute atomic E-state index is 14.5. The smallest absolute Gasteiger partial charge is 0.320 e. The van der Waals surface area contributed by atoms with Crippen LogP contribution in [-0.4, -0.2) is 33.5 Å². The number of nitrogens with two attached hydrogens (primary N) is 1. The van der Waals surface area contributed by atoms with Crippen molar-refractivity contribution >= 4 is 16.8 Å². The predicted molar refractivity (Wildman–Crippen MR) is 128 cm³/mol. The molecule has 1 aliphatic carbocycles. The van der Waals surface area contributed by atoms with Gasteiger partial charge in [0.2, 0.25) is 5.91 Å². The molecule has 1 aromatic heterocycles. The molecule has 5 nitrogen and oxygen atoms in total. The van der Waals surface area contributed by atoms with E-state index in [0.29, 0.717) is 4.90 Å². The lowest BCUT2D eigenvalue weighted by atomic mass is 9.95. The molecule has 182 valence electrons. The zero-order valence-corrected chi connectivity index (χ0v) is 19.6. The fourth-order valence-electron chi connectivity index (χ4n) is 4.50. The summed E-state index contributed by atoms with van der Waals surface area (Å²) in [5.74, 6) is -0.819. The van der Waals surface area contributed by atoms with Crippen molar-refractivity contribution in [1.29, 1.82) is 5.26 Å². The fourth-order valence-corrected chi connectivity index (χ4v) is 4.50. The maximum atomic E-state index is 14.5. The molecule has 35 heavy (non-hydrogen) atoms. The van der Waals surface area contributed by atoms with Gasteiger partial charge in [0.1, 0.15) is 5.54 Å². The van der Waals surface area contributed by atoms with Crippen molar-refractivity contribution < 1.29 is 18.0 Å². The number of carbonyl (C=O) groups excluding carboxylic acids is 1. The summed E-state index contributed by atoms with van der Waals surface area (Å²) in [6, 6.07) is 13.9. The molecule has 4 rings (SSSR count). The van der Waals surface area contributed by atoms with Gasteiger partial charge in [-0.25, -0.2) is 0 Å². The Morgan fingerprint density at radius 3 is 2.37 bits per heavy atom. The number of aromatic nitrogens is 1. The standard InChI is InChI=1S/C27H27F3N4O/c1-17(2)14-22(32)25(35)34(26(16-31)11-12-26)24(27(28,29)30)19-7-5-18(6-8-19)20-9-10-23-21(15-20)4-3-13-33-23/h3-10,13,15,17,22,24H,11-12,14,32H2,1-2H3/t22-,24-/m0/s1. The Balaban J connectivity index is 1.72. The van der Waals surface area contributed by atoms with Crippen molar-refractivity contribution in [3.05, 3.63) is 66.4 Å². The van der Waals surface area contributed by atoms with Crippen molar-refractivity contribution in [2.45, 2.75) is 56.9 Å². The summed E-state index contributed by atoms with van der Waals surface area (Å²) in [4.78, 5) is 18.2. The normalized spacial score (nSPS) is 16.5. The molecule has 0 radical (unpaired) electrons. The summed E-state index contributed by atoms with van der Waals surface area (Å²) >= 11 is 0. The number of pyridine rings is 1. The fraction of sp³-hybridized carbons (Fsp3) is 0.370. The van der Waals surface area contributed by atoms with E-state index in [4.69, 9.17) is 5.73 Å². The molecule has 0 bridgehead atoms. The number of fused-ring (bicyclic) bond motifs is 1. The number of rotatable bonds is 7. The molecule has 2 atom stereocenters. The van der Waals surface area contributed by atoms with Gasteiger partial charge in [0.25, 0.3) is 0 Å². The van der Waals surface area contributed by atoms with Gasteiger partial charge < -0.3 is 10.6 Å². The molecule has 0 saturated heterocycles. The molecule has 0 spiro atoms. The highest BCUT2D eigenvalue weighted by Gasteiger charge is 2.60. The van der Waals surface area contributed by atoms with Crippen LogP contribution in [0.2, 0.25) is 0 Å². The Kier molecular flexibility index (Phi) is 6.56. The molecule has 3 aromatic rings. The quantitative estimate of drug-likeness (QED) is 0.466. The zero-order valence-electron chi connectivity index (χ0n) is 19.6. The highest BCUT2D eigenvalue weighted by atomic mass is 19.4. The molecule has 8 heteroatoms. The van der Waals surface area contributed by atoms with Gasteiger partial charge in [-0.05, 0) is 60.1 Å². The van der Waals surface area contributed by atoms with Crippen molar-refractivity contribution in [3.63, 3.8) is 0 Å². The molecule has 1 amide bonds. The van der Waals surface area contributed by atoms with Crippen LogP contribution in [-0.2, 0) is 4.79 Å². The van der Waals surface area contributed by atoms with E-state index in [0.717, 1.165) is 22.0 Å². The Morgan fingerprint density at radius 1 is 1.14 bits per heavy atom. The van der Waals surface area contributed by atoms with E-state index in [1.807, 2.05) is 50.2 Å². The van der Waals surface area contributed by atoms with Crippen LogP contribution in [0.15, 0.2) is 60.8 Å². The largest absolute Gasteiger partial charge is 0.413 e. The topological polar surface area (TPSA) is 83.0 Å². The number of benzene rings is 2. The van der Waals surface area contributed by atoms with Crippen molar-refractivity contribution in [3.8, 4) is 17.2 Å². The van der Waals surface area contributed by atoms with Crippen LogP contribution in [0, 0.1) is 17.2 Å². The van der Waals surface area contributed by atoms with Crippen LogP contribution >= 0.6 is 0 Å². The van der Waals surface area contributed by atoms with Gasteiger partial charge in [-0.1, -0.05) is 50.2 Å². The minimum Gasteiger partial charge on any atom is -0.320 e. The maximum Gasteiger partial charge on any atom is 0.413 e. The molecule has 0 aliphatic heterocycles. The minimum absolute atomic E-state index is 0.0220. The van der Waals surface area contributed by atoms with Gasteiger partial charge in [0.15, 0.2) is 6.04 Å². The molecular formula is C27H27F3N4O. The lowest BCUT2D eigenvalue weighted by Crippen LogP contribution is -2.54. The van der Waals surface area contributed by atoms with E-state index in [9.17, 15) is 23.2 Å². The second-order valence-corrected chi connectivity index (χ2v) is 9.56. The summed E-state index contributed by atoms with van der Waals surface area (Å²) < 4.78 is 43.5. The first-order valence-corrected chi connectivity index (χ1v) is 11.6. The van der Waals surface area contributed by atoms with Gasteiger partial charge in [-0.15, -0.1) is 0 Å². The summed E-state index contributed by atoms with van der Waals surface area (Å²) in [5, 5.41) is 10.6. The molecule has 1 aliphatic rings. The average Bonchev–Trinajstić information content (AvgIpc) is 3.61. The highest BCUT2D eigenvalue weighted by molar-refractivity contribution is 5.85. The van der Waals surface area contributed by atoms with E-state index < -0.39 is 29.7 Å². The number of amides is 1. The van der Waals surface area contributed by atoms with Crippen LogP contribution in [0.4, 0.5) is 13.2 Å². The first-order valence-electron chi connectivity index (χ1n) is 11.6. The third-order valence-corrected chi connectivity index (χ3v) is 6.40. The number of hydrogen-bond donors (Lipinski definition) is 1. The van der Waals surface area contributed by atoms with Crippen molar-refractivity contribution in [2.24, 2.45) is 11.7 Å². The molecule has 2 aromatic carbocycles. The monoisotopic (exact) mass is 480 g/mol. The highest BCUT2D eigenvalue weighted by Crippen LogP contribution is 2.50. The number of carbonyl (C=O) groups is 1. The van der Waals surface area contributed by atoms with Crippen LogP contribution in [0.1, 0.15) is 44.7 Å². The summed E-state index contributed by atoms with van der Waals surface area (Å²) in [6.07, 6.45) is -2.46. The first-order chi connectivity index (χ1) is 16.6. The number of halogens is 3. The molecule has 0 unspecified atom stereocenters. The Bertz CT molecular complexity index is 1260.